The molecule has 19 heavy (non-hydrogen) atoms. The molecule has 1 nitrogen and oxygen atoms in total. The Kier molecular flexibility index (Phi) is 2.79. The van der Waals surface area contributed by atoms with Crippen LogP contribution in [0.25, 0.3) is 0 Å². The first-order valence-corrected chi connectivity index (χ1v) is 8.05. The summed E-state index contributed by atoms with van der Waals surface area (Å²) in [6, 6.07) is 3.29. The second-order valence-electron chi connectivity index (χ2n) is 6.78. The van der Waals surface area contributed by atoms with Crippen molar-refractivity contribution >= 4 is 23.2 Å². The van der Waals surface area contributed by atoms with Crippen molar-refractivity contribution < 1.29 is 5.11 Å². The van der Waals surface area contributed by atoms with E-state index in [-0.39, 0.29) is 5.75 Å². The topological polar surface area (TPSA) is 20.2 Å². The molecule has 0 aliphatic heterocycles. The molecule has 4 fully saturated rings. The van der Waals surface area contributed by atoms with Gasteiger partial charge >= 0.3 is 0 Å². The van der Waals surface area contributed by atoms with Crippen LogP contribution in [-0.4, -0.2) is 5.11 Å². The van der Waals surface area contributed by atoms with Gasteiger partial charge in [-0.3, -0.25) is 0 Å². The van der Waals surface area contributed by atoms with E-state index in [2.05, 4.69) is 0 Å². The smallest absolute Gasteiger partial charge is 0.118 e. The van der Waals surface area contributed by atoms with E-state index in [1.54, 1.807) is 12.1 Å². The number of benzene rings is 1. The summed E-state index contributed by atoms with van der Waals surface area (Å²) in [5.74, 6) is 4.12. The normalized spacial score (nSPS) is 39.8. The lowest BCUT2D eigenvalue weighted by molar-refractivity contribution is -0.00273. The Bertz CT molecular complexity index is 474. The van der Waals surface area contributed by atoms with Gasteiger partial charge in [0.05, 0.1) is 0 Å². The van der Waals surface area contributed by atoms with Gasteiger partial charge in [-0.1, -0.05) is 23.2 Å². The number of phenols is 1. The SMILES string of the molecule is Oc1cc(Cl)c(C2C3CC4CC(C3)CC2C4)c(Cl)c1. The Hall–Kier alpha value is -0.400. The Morgan fingerprint density at radius 1 is 0.842 bits per heavy atom. The summed E-state index contributed by atoms with van der Waals surface area (Å²) in [7, 11) is 0. The lowest BCUT2D eigenvalue weighted by Gasteiger charge is -2.54. The summed E-state index contributed by atoms with van der Waals surface area (Å²) in [4.78, 5) is 0. The van der Waals surface area contributed by atoms with Gasteiger partial charge in [-0.15, -0.1) is 0 Å². The average Bonchev–Trinajstić information content (AvgIpc) is 2.30. The van der Waals surface area contributed by atoms with Crippen LogP contribution in [0.5, 0.6) is 5.75 Å². The molecule has 102 valence electrons. The van der Waals surface area contributed by atoms with E-state index in [9.17, 15) is 5.11 Å². The number of phenolic OH excluding ortho intramolecular Hbond substituents is 1. The molecule has 4 bridgehead atoms. The molecular weight excluding hydrogens is 279 g/mol. The quantitative estimate of drug-likeness (QED) is 0.751. The zero-order valence-corrected chi connectivity index (χ0v) is 12.3. The first-order chi connectivity index (χ1) is 9.11. The molecule has 1 N–H and O–H groups in total. The lowest BCUT2D eigenvalue weighted by Crippen LogP contribution is -2.43. The number of halogens is 2. The predicted molar refractivity (Wildman–Crippen MR) is 77.9 cm³/mol. The van der Waals surface area contributed by atoms with Crippen molar-refractivity contribution in [3.8, 4) is 5.75 Å². The van der Waals surface area contributed by atoms with Crippen LogP contribution in [0.2, 0.25) is 10.0 Å². The zero-order chi connectivity index (χ0) is 13.1. The Balaban J connectivity index is 1.77. The van der Waals surface area contributed by atoms with Crippen molar-refractivity contribution in [3.05, 3.63) is 27.7 Å². The Morgan fingerprint density at radius 3 is 1.79 bits per heavy atom. The molecule has 0 unspecified atom stereocenters. The molecular formula is C16H18Cl2O. The fraction of sp³-hybridized carbons (Fsp3) is 0.625. The van der Waals surface area contributed by atoms with Crippen LogP contribution in [0.1, 0.15) is 43.6 Å². The van der Waals surface area contributed by atoms with Crippen molar-refractivity contribution in [2.75, 3.05) is 0 Å². The van der Waals surface area contributed by atoms with Gasteiger partial charge in [0.1, 0.15) is 5.75 Å². The third-order valence-corrected chi connectivity index (χ3v) is 6.25. The Labute approximate surface area is 123 Å². The molecule has 5 rings (SSSR count). The molecule has 1 aromatic carbocycles. The van der Waals surface area contributed by atoms with E-state index < -0.39 is 0 Å². The summed E-state index contributed by atoms with van der Waals surface area (Å²) in [6.07, 6.45) is 6.86. The number of hydrogen-bond acceptors (Lipinski definition) is 1. The molecule has 1 aromatic rings. The van der Waals surface area contributed by atoms with Gasteiger partial charge < -0.3 is 5.11 Å². The minimum absolute atomic E-state index is 0.169. The van der Waals surface area contributed by atoms with Crippen LogP contribution >= 0.6 is 23.2 Å². The van der Waals surface area contributed by atoms with E-state index in [1.165, 1.54) is 32.1 Å². The van der Waals surface area contributed by atoms with E-state index in [1.807, 2.05) is 0 Å². The average molecular weight is 297 g/mol. The maximum atomic E-state index is 9.60. The lowest BCUT2D eigenvalue weighted by atomic mass is 9.51. The number of hydrogen-bond donors (Lipinski definition) is 1. The minimum Gasteiger partial charge on any atom is -0.508 e. The van der Waals surface area contributed by atoms with Crippen LogP contribution in [-0.2, 0) is 0 Å². The number of rotatable bonds is 1. The zero-order valence-electron chi connectivity index (χ0n) is 10.8. The Morgan fingerprint density at radius 2 is 1.32 bits per heavy atom. The van der Waals surface area contributed by atoms with Crippen LogP contribution in [0.4, 0.5) is 0 Å². The van der Waals surface area contributed by atoms with Gasteiger partial charge in [0.15, 0.2) is 0 Å². The fourth-order valence-electron chi connectivity index (χ4n) is 5.29. The van der Waals surface area contributed by atoms with E-state index in [4.69, 9.17) is 23.2 Å². The molecule has 3 heteroatoms. The largest absolute Gasteiger partial charge is 0.508 e. The van der Waals surface area contributed by atoms with Crippen LogP contribution in [0, 0.1) is 23.7 Å². The highest BCUT2D eigenvalue weighted by Gasteiger charge is 2.49. The van der Waals surface area contributed by atoms with Crippen LogP contribution in [0.3, 0.4) is 0 Å². The van der Waals surface area contributed by atoms with Gasteiger partial charge in [-0.2, -0.15) is 0 Å². The van der Waals surface area contributed by atoms with Crippen molar-refractivity contribution in [3.63, 3.8) is 0 Å². The maximum absolute atomic E-state index is 9.60. The fourth-order valence-corrected chi connectivity index (χ4v) is 6.01. The van der Waals surface area contributed by atoms with Gasteiger partial charge in [-0.25, -0.2) is 0 Å². The summed E-state index contributed by atoms with van der Waals surface area (Å²) in [5, 5.41) is 10.9. The molecule has 0 atom stereocenters. The van der Waals surface area contributed by atoms with Crippen molar-refractivity contribution in [1.29, 1.82) is 0 Å². The molecule has 4 saturated carbocycles. The van der Waals surface area contributed by atoms with Gasteiger partial charge in [0, 0.05) is 10.0 Å². The van der Waals surface area contributed by atoms with Crippen molar-refractivity contribution in [2.45, 2.75) is 38.0 Å². The van der Waals surface area contributed by atoms with Gasteiger partial charge in [0.25, 0.3) is 0 Å². The summed E-state index contributed by atoms with van der Waals surface area (Å²) >= 11 is 12.8. The highest BCUT2D eigenvalue weighted by atomic mass is 35.5. The number of aromatic hydroxyl groups is 1. The van der Waals surface area contributed by atoms with E-state index >= 15 is 0 Å². The molecule has 0 aromatic heterocycles. The van der Waals surface area contributed by atoms with Crippen molar-refractivity contribution in [2.24, 2.45) is 23.7 Å². The third-order valence-electron chi connectivity index (χ3n) is 5.62. The second-order valence-corrected chi connectivity index (χ2v) is 7.59. The predicted octanol–water partition coefficient (Wildman–Crippen LogP) is 5.24. The van der Waals surface area contributed by atoms with Crippen LogP contribution < -0.4 is 0 Å². The second kappa shape index (κ2) is 4.30. The molecule has 0 amide bonds. The first-order valence-electron chi connectivity index (χ1n) is 7.29. The highest BCUT2D eigenvalue weighted by molar-refractivity contribution is 6.36. The van der Waals surface area contributed by atoms with Crippen molar-refractivity contribution in [1.82, 2.24) is 0 Å². The van der Waals surface area contributed by atoms with Crippen LogP contribution in [0.15, 0.2) is 12.1 Å². The maximum Gasteiger partial charge on any atom is 0.118 e. The summed E-state index contributed by atoms with van der Waals surface area (Å²) in [5.41, 5.74) is 1.11. The highest BCUT2D eigenvalue weighted by Crippen LogP contribution is 2.61. The molecule has 0 heterocycles. The minimum atomic E-state index is 0.169. The first kappa shape index (κ1) is 12.3. The van der Waals surface area contributed by atoms with E-state index in [0.717, 1.165) is 29.2 Å². The third kappa shape index (κ3) is 1.89. The monoisotopic (exact) mass is 296 g/mol. The molecule has 0 saturated heterocycles. The summed E-state index contributed by atoms with van der Waals surface area (Å²) < 4.78 is 0. The molecule has 4 aliphatic rings. The van der Waals surface area contributed by atoms with E-state index in [0.29, 0.717) is 16.0 Å². The molecule has 0 radical (unpaired) electrons. The van der Waals surface area contributed by atoms with Gasteiger partial charge in [0.2, 0.25) is 0 Å². The molecule has 0 spiro atoms. The standard InChI is InChI=1S/C16H18Cl2O/c17-13-6-12(19)7-14(18)16(13)15-10-2-8-1-9(4-10)5-11(15)3-8/h6-11,15,19H,1-5H2. The van der Waals surface area contributed by atoms with Gasteiger partial charge in [-0.05, 0) is 79.4 Å². The molecule has 4 aliphatic carbocycles. The summed E-state index contributed by atoms with van der Waals surface area (Å²) in [6.45, 7) is 0.